The van der Waals surface area contributed by atoms with Crippen LogP contribution >= 0.6 is 11.6 Å². The Morgan fingerprint density at radius 1 is 0.667 bits per heavy atom. The number of hydrogen-bond acceptors (Lipinski definition) is 2. The van der Waals surface area contributed by atoms with Gasteiger partial charge in [-0.05, 0) is 36.4 Å². The zero-order valence-electron chi connectivity index (χ0n) is 8.23. The van der Waals surface area contributed by atoms with Crippen LogP contribution in [0.1, 0.15) is 0 Å². The molecule has 0 radical (unpaired) electrons. The predicted molar refractivity (Wildman–Crippen MR) is 66.7 cm³/mol. The van der Waals surface area contributed by atoms with Crippen LogP contribution in [0.5, 0.6) is 0 Å². The van der Waals surface area contributed by atoms with Crippen molar-refractivity contribution >= 4 is 23.0 Å². The molecule has 0 saturated heterocycles. The monoisotopic (exact) mass is 220 g/mol. The number of nitrogen functional groups attached to an aromatic ring is 2. The highest BCUT2D eigenvalue weighted by molar-refractivity contribution is 6.30. The minimum absolute atomic E-state index is 0.721. The normalized spacial score (nSPS) is 8.87. The van der Waals surface area contributed by atoms with Crippen molar-refractivity contribution in [2.45, 2.75) is 0 Å². The molecule has 0 atom stereocenters. The van der Waals surface area contributed by atoms with E-state index in [2.05, 4.69) is 0 Å². The van der Waals surface area contributed by atoms with Crippen LogP contribution in [0.25, 0.3) is 0 Å². The Morgan fingerprint density at radius 3 is 1.47 bits per heavy atom. The summed E-state index contributed by atoms with van der Waals surface area (Å²) in [6.45, 7) is 0. The van der Waals surface area contributed by atoms with Crippen LogP contribution in [0.3, 0.4) is 0 Å². The molecule has 0 heterocycles. The molecule has 0 aromatic heterocycles. The van der Waals surface area contributed by atoms with Gasteiger partial charge >= 0.3 is 0 Å². The van der Waals surface area contributed by atoms with Crippen molar-refractivity contribution in [2.75, 3.05) is 11.5 Å². The first-order valence-corrected chi connectivity index (χ1v) is 4.88. The lowest BCUT2D eigenvalue weighted by Crippen LogP contribution is -1.80. The number of benzene rings is 2. The fourth-order valence-electron chi connectivity index (χ4n) is 0.916. The van der Waals surface area contributed by atoms with E-state index in [1.165, 1.54) is 0 Å². The second-order valence-electron chi connectivity index (χ2n) is 2.96. The lowest BCUT2D eigenvalue weighted by molar-refractivity contribution is 1.69. The molecule has 0 aliphatic heterocycles. The molecule has 0 spiro atoms. The van der Waals surface area contributed by atoms with Crippen LogP contribution in [0, 0.1) is 0 Å². The minimum Gasteiger partial charge on any atom is -0.399 e. The molecule has 0 aliphatic carbocycles. The third-order valence-electron chi connectivity index (χ3n) is 1.67. The molecule has 0 unspecified atom stereocenters. The van der Waals surface area contributed by atoms with E-state index in [1.54, 1.807) is 24.3 Å². The fraction of sp³-hybridized carbons (Fsp3) is 0. The number of halogens is 1. The molecule has 0 aliphatic rings. The number of nitrogens with two attached hydrogens (primary N) is 2. The quantitative estimate of drug-likeness (QED) is 0.670. The summed E-state index contributed by atoms with van der Waals surface area (Å²) >= 11 is 5.56. The van der Waals surface area contributed by atoms with E-state index in [9.17, 15) is 0 Å². The van der Waals surface area contributed by atoms with Crippen molar-refractivity contribution in [3.8, 4) is 0 Å². The summed E-state index contributed by atoms with van der Waals surface area (Å²) in [4.78, 5) is 0. The van der Waals surface area contributed by atoms with Gasteiger partial charge < -0.3 is 11.5 Å². The smallest absolute Gasteiger partial charge is 0.0407 e. The van der Waals surface area contributed by atoms with Gasteiger partial charge in [0.1, 0.15) is 0 Å². The van der Waals surface area contributed by atoms with Crippen LogP contribution in [-0.2, 0) is 0 Å². The molecule has 15 heavy (non-hydrogen) atoms. The largest absolute Gasteiger partial charge is 0.399 e. The number of anilines is 2. The Balaban J connectivity index is 0.000000151. The first kappa shape index (κ1) is 11.4. The van der Waals surface area contributed by atoms with Gasteiger partial charge in [0.15, 0.2) is 0 Å². The zero-order valence-corrected chi connectivity index (χ0v) is 8.98. The third-order valence-corrected chi connectivity index (χ3v) is 1.92. The Labute approximate surface area is 94.5 Å². The lowest BCUT2D eigenvalue weighted by atomic mass is 10.3. The highest BCUT2D eigenvalue weighted by Gasteiger charge is 1.82. The average molecular weight is 221 g/mol. The van der Waals surface area contributed by atoms with Crippen LogP contribution < -0.4 is 11.5 Å². The van der Waals surface area contributed by atoms with Crippen molar-refractivity contribution < 1.29 is 0 Å². The number of rotatable bonds is 0. The predicted octanol–water partition coefficient (Wildman–Crippen LogP) is 3.19. The topological polar surface area (TPSA) is 52.0 Å². The number of para-hydroxylation sites is 1. The third kappa shape index (κ3) is 4.93. The Bertz CT molecular complexity index is 363. The van der Waals surface area contributed by atoms with Crippen LogP contribution in [0.2, 0.25) is 5.02 Å². The summed E-state index contributed by atoms with van der Waals surface area (Å²) < 4.78 is 0. The molecular weight excluding hydrogens is 208 g/mol. The summed E-state index contributed by atoms with van der Waals surface area (Å²) in [7, 11) is 0. The van der Waals surface area contributed by atoms with E-state index < -0.39 is 0 Å². The molecule has 78 valence electrons. The Morgan fingerprint density at radius 2 is 1.13 bits per heavy atom. The maximum Gasteiger partial charge on any atom is 0.0407 e. The average Bonchev–Trinajstić information content (AvgIpc) is 2.25. The fourth-order valence-corrected chi connectivity index (χ4v) is 1.04. The summed E-state index contributed by atoms with van der Waals surface area (Å²) in [6, 6.07) is 16.5. The van der Waals surface area contributed by atoms with Crippen LogP contribution in [0.4, 0.5) is 11.4 Å². The molecule has 4 N–H and O–H groups in total. The molecule has 2 rings (SSSR count). The summed E-state index contributed by atoms with van der Waals surface area (Å²) in [5, 5.41) is 0.721. The molecule has 0 fully saturated rings. The van der Waals surface area contributed by atoms with Crippen molar-refractivity contribution in [1.29, 1.82) is 0 Å². The van der Waals surface area contributed by atoms with E-state index >= 15 is 0 Å². The van der Waals surface area contributed by atoms with Gasteiger partial charge in [-0.2, -0.15) is 0 Å². The highest BCUT2D eigenvalue weighted by atomic mass is 35.5. The van der Waals surface area contributed by atoms with Crippen molar-refractivity contribution in [3.05, 3.63) is 59.6 Å². The van der Waals surface area contributed by atoms with Gasteiger partial charge in [0.2, 0.25) is 0 Å². The number of hydrogen-bond donors (Lipinski definition) is 2. The van der Waals surface area contributed by atoms with E-state index in [0.717, 1.165) is 16.4 Å². The summed E-state index contributed by atoms with van der Waals surface area (Å²) in [5.41, 5.74) is 12.3. The summed E-state index contributed by atoms with van der Waals surface area (Å²) in [6.07, 6.45) is 0. The maximum absolute atomic E-state index is 5.56. The molecule has 0 amide bonds. The van der Waals surface area contributed by atoms with Gasteiger partial charge in [0, 0.05) is 16.4 Å². The molecular formula is C12H13ClN2. The van der Waals surface area contributed by atoms with Crippen LogP contribution in [0.15, 0.2) is 54.6 Å². The Hall–Kier alpha value is -1.67. The van der Waals surface area contributed by atoms with E-state index in [1.807, 2.05) is 30.3 Å². The van der Waals surface area contributed by atoms with Gasteiger partial charge in [-0.3, -0.25) is 0 Å². The van der Waals surface area contributed by atoms with Gasteiger partial charge in [0.25, 0.3) is 0 Å². The molecule has 0 saturated carbocycles. The van der Waals surface area contributed by atoms with Crippen LogP contribution in [-0.4, -0.2) is 0 Å². The molecule has 0 bridgehead atoms. The van der Waals surface area contributed by atoms with Gasteiger partial charge in [-0.25, -0.2) is 0 Å². The van der Waals surface area contributed by atoms with Gasteiger partial charge in [-0.1, -0.05) is 29.8 Å². The second kappa shape index (κ2) is 5.94. The highest BCUT2D eigenvalue weighted by Crippen LogP contribution is 2.09. The molecule has 3 heteroatoms. The Kier molecular flexibility index (Phi) is 4.51. The molecule has 2 nitrogen and oxygen atoms in total. The molecule has 2 aromatic carbocycles. The summed E-state index contributed by atoms with van der Waals surface area (Å²) in [5.74, 6) is 0. The maximum atomic E-state index is 5.56. The van der Waals surface area contributed by atoms with Crippen molar-refractivity contribution in [3.63, 3.8) is 0 Å². The van der Waals surface area contributed by atoms with Crippen molar-refractivity contribution in [2.24, 2.45) is 0 Å². The SMILES string of the molecule is Nc1ccc(Cl)cc1.Nc1ccccc1. The van der Waals surface area contributed by atoms with E-state index in [-0.39, 0.29) is 0 Å². The van der Waals surface area contributed by atoms with E-state index in [4.69, 9.17) is 23.1 Å². The zero-order chi connectivity index (χ0) is 11.1. The second-order valence-corrected chi connectivity index (χ2v) is 3.40. The van der Waals surface area contributed by atoms with Gasteiger partial charge in [-0.15, -0.1) is 0 Å². The minimum atomic E-state index is 0.721. The molecule has 2 aromatic rings. The lowest BCUT2D eigenvalue weighted by Gasteiger charge is -1.88. The van der Waals surface area contributed by atoms with Gasteiger partial charge in [0.05, 0.1) is 0 Å². The first-order chi connectivity index (χ1) is 7.18. The first-order valence-electron chi connectivity index (χ1n) is 4.50. The standard InChI is InChI=1S/C6H6ClN.C6H7N/c7-5-1-3-6(8)4-2-5;7-6-4-2-1-3-5-6/h1-4H,8H2;1-5H,7H2. The van der Waals surface area contributed by atoms with E-state index in [0.29, 0.717) is 0 Å². The van der Waals surface area contributed by atoms with Crippen molar-refractivity contribution in [1.82, 2.24) is 0 Å².